The summed E-state index contributed by atoms with van der Waals surface area (Å²) < 4.78 is 14.0. The Bertz CT molecular complexity index is 3500. The summed E-state index contributed by atoms with van der Waals surface area (Å²) in [6.07, 6.45) is 0. The number of rotatable bonds is 6. The first-order chi connectivity index (χ1) is 28.7. The lowest BCUT2D eigenvalue weighted by molar-refractivity contribution is 0.668. The van der Waals surface area contributed by atoms with Crippen LogP contribution in [0.1, 0.15) is 0 Å². The molecule has 0 aliphatic heterocycles. The molecule has 4 nitrogen and oxygen atoms in total. The normalized spacial score (nSPS) is 11.8. The molecule has 0 aliphatic carbocycles. The van der Waals surface area contributed by atoms with Gasteiger partial charge in [-0.3, -0.25) is 0 Å². The zero-order chi connectivity index (χ0) is 38.2. The molecule has 0 spiro atoms. The van der Waals surface area contributed by atoms with E-state index >= 15 is 0 Å². The summed E-state index contributed by atoms with van der Waals surface area (Å²) in [6.45, 7) is 0. The highest BCUT2D eigenvalue weighted by Crippen LogP contribution is 2.42. The molecule has 3 aromatic heterocycles. The molecule has 0 bridgehead atoms. The number of anilines is 3. The number of benzene rings is 9. The van der Waals surface area contributed by atoms with Gasteiger partial charge >= 0.3 is 0 Å². The summed E-state index contributed by atoms with van der Waals surface area (Å²) in [7, 11) is 0. The Balaban J connectivity index is 0.932. The molecule has 0 aliphatic rings. The minimum absolute atomic E-state index is 0.850. The van der Waals surface area contributed by atoms with Crippen LogP contribution in [0.3, 0.4) is 0 Å². The number of hydrogen-bond donors (Lipinski definition) is 0. The van der Waals surface area contributed by atoms with Crippen LogP contribution in [0, 0.1) is 0 Å². The van der Waals surface area contributed by atoms with Crippen molar-refractivity contribution < 1.29 is 8.83 Å². The minimum Gasteiger partial charge on any atom is -0.456 e. The molecule has 0 N–H and O–H groups in total. The summed E-state index contributed by atoms with van der Waals surface area (Å²) in [5.41, 5.74) is 13.3. The van der Waals surface area contributed by atoms with Crippen LogP contribution in [0.15, 0.2) is 203 Å². The highest BCUT2D eigenvalue weighted by atomic mass is 32.1. The van der Waals surface area contributed by atoms with Gasteiger partial charge in [-0.25, -0.2) is 4.98 Å². The lowest BCUT2D eigenvalue weighted by atomic mass is 9.98. The van der Waals surface area contributed by atoms with Crippen molar-refractivity contribution in [3.05, 3.63) is 194 Å². The van der Waals surface area contributed by atoms with E-state index < -0.39 is 0 Å². The van der Waals surface area contributed by atoms with E-state index in [4.69, 9.17) is 13.8 Å². The zero-order valence-corrected chi connectivity index (χ0v) is 31.9. The number of hydrogen-bond acceptors (Lipinski definition) is 5. The lowest BCUT2D eigenvalue weighted by Crippen LogP contribution is -2.09. The van der Waals surface area contributed by atoms with E-state index in [2.05, 4.69) is 181 Å². The number of fused-ring (bicyclic) bond motifs is 9. The molecule has 9 aromatic carbocycles. The van der Waals surface area contributed by atoms with Gasteiger partial charge in [-0.05, 0) is 99.8 Å². The number of furan rings is 2. The molecule has 0 fully saturated rings. The van der Waals surface area contributed by atoms with Gasteiger partial charge in [0.25, 0.3) is 0 Å². The average molecular weight is 761 g/mol. The van der Waals surface area contributed by atoms with Crippen molar-refractivity contribution in [3.63, 3.8) is 0 Å². The number of para-hydroxylation sites is 1. The van der Waals surface area contributed by atoms with Crippen LogP contribution in [-0.4, -0.2) is 4.98 Å². The number of thiazole rings is 1. The van der Waals surface area contributed by atoms with Crippen molar-refractivity contribution in [1.29, 1.82) is 0 Å². The molecule has 0 saturated carbocycles. The molecular formula is C53H32N2O2S. The molecule has 272 valence electrons. The summed E-state index contributed by atoms with van der Waals surface area (Å²) in [5.74, 6) is 0. The van der Waals surface area contributed by atoms with E-state index in [0.29, 0.717) is 0 Å². The maximum atomic E-state index is 6.48. The maximum Gasteiger partial charge on any atom is 0.137 e. The number of aromatic nitrogens is 1. The van der Waals surface area contributed by atoms with E-state index in [1.807, 2.05) is 18.2 Å². The van der Waals surface area contributed by atoms with Crippen molar-refractivity contribution in [3.8, 4) is 32.8 Å². The topological polar surface area (TPSA) is 42.4 Å². The fraction of sp³-hybridized carbons (Fsp3) is 0. The van der Waals surface area contributed by atoms with E-state index in [-0.39, 0.29) is 0 Å². The van der Waals surface area contributed by atoms with E-state index in [1.54, 1.807) is 11.3 Å². The van der Waals surface area contributed by atoms with Gasteiger partial charge in [0.15, 0.2) is 0 Å². The summed E-state index contributed by atoms with van der Waals surface area (Å²) in [6, 6.07) is 68.6. The Hall–Kier alpha value is -7.47. The quantitative estimate of drug-likeness (QED) is 0.169. The molecule has 5 heteroatoms. The van der Waals surface area contributed by atoms with Gasteiger partial charge in [0, 0.05) is 44.9 Å². The molecule has 12 aromatic rings. The van der Waals surface area contributed by atoms with Crippen LogP contribution >= 0.6 is 11.3 Å². The molecule has 0 radical (unpaired) electrons. The van der Waals surface area contributed by atoms with Gasteiger partial charge < -0.3 is 13.7 Å². The summed E-state index contributed by atoms with van der Waals surface area (Å²) in [4.78, 5) is 7.40. The van der Waals surface area contributed by atoms with E-state index in [0.717, 1.165) is 92.9 Å². The second-order valence-electron chi connectivity index (χ2n) is 14.7. The van der Waals surface area contributed by atoms with Crippen LogP contribution in [-0.2, 0) is 0 Å². The van der Waals surface area contributed by atoms with Crippen molar-refractivity contribution in [1.82, 2.24) is 4.98 Å². The van der Waals surface area contributed by atoms with Crippen LogP contribution in [0.25, 0.3) is 97.7 Å². The molecular weight excluding hydrogens is 729 g/mol. The third-order valence-electron chi connectivity index (χ3n) is 11.3. The zero-order valence-electron chi connectivity index (χ0n) is 31.1. The first-order valence-corrected chi connectivity index (χ1v) is 20.2. The van der Waals surface area contributed by atoms with Crippen molar-refractivity contribution in [2.75, 3.05) is 4.90 Å². The molecule has 3 heterocycles. The van der Waals surface area contributed by atoms with Crippen LogP contribution in [0.5, 0.6) is 0 Å². The minimum atomic E-state index is 0.850. The Morgan fingerprint density at radius 3 is 1.88 bits per heavy atom. The molecule has 12 rings (SSSR count). The SMILES string of the molecule is c1ccc(-c2nc3c(ccc4oc5cc(-c6ccc(N(c7ccc(-c8cccc9ccccc89)cc7)c7ccc8c(c7)oc7ccccc78)cc6)ccc5c43)s2)cc1. The van der Waals surface area contributed by atoms with Gasteiger partial charge in [0.05, 0.1) is 15.6 Å². The fourth-order valence-corrected chi connectivity index (χ4v) is 9.49. The Morgan fingerprint density at radius 1 is 0.397 bits per heavy atom. The van der Waals surface area contributed by atoms with Crippen LogP contribution in [0.2, 0.25) is 0 Å². The third kappa shape index (κ3) is 5.32. The van der Waals surface area contributed by atoms with Gasteiger partial charge in [0.1, 0.15) is 27.3 Å². The first-order valence-electron chi connectivity index (χ1n) is 19.4. The fourth-order valence-electron chi connectivity index (χ4n) is 8.51. The molecule has 58 heavy (non-hydrogen) atoms. The van der Waals surface area contributed by atoms with Gasteiger partial charge in [-0.1, -0.05) is 121 Å². The maximum absolute atomic E-state index is 6.48. The van der Waals surface area contributed by atoms with Crippen LogP contribution in [0.4, 0.5) is 17.1 Å². The van der Waals surface area contributed by atoms with Crippen molar-refractivity contribution >= 4 is 93.3 Å². The predicted octanol–water partition coefficient (Wildman–Crippen LogP) is 15.7. The first kappa shape index (κ1) is 32.7. The molecule has 0 unspecified atom stereocenters. The highest BCUT2D eigenvalue weighted by Gasteiger charge is 2.18. The predicted molar refractivity (Wildman–Crippen MR) is 243 cm³/mol. The Morgan fingerprint density at radius 2 is 1.03 bits per heavy atom. The highest BCUT2D eigenvalue weighted by molar-refractivity contribution is 7.21. The largest absolute Gasteiger partial charge is 0.456 e. The monoisotopic (exact) mass is 760 g/mol. The third-order valence-corrected chi connectivity index (χ3v) is 12.4. The van der Waals surface area contributed by atoms with Crippen LogP contribution < -0.4 is 4.90 Å². The second kappa shape index (κ2) is 13.1. The Kier molecular flexibility index (Phi) is 7.37. The standard InChI is InChI=1S/C53H32N2O2S/c1-2-10-36(11-3-1)53-54-52-50(58-53)30-29-47-51(52)45-27-21-37(31-48(45)57-47)33-17-22-38(23-18-33)55(40-26-28-44-43-14-6-7-16-46(43)56-49(44)32-40)39-24-19-35(20-25-39)42-15-8-12-34-9-4-5-13-41(34)42/h1-32H. The summed E-state index contributed by atoms with van der Waals surface area (Å²) in [5, 5.41) is 7.86. The van der Waals surface area contributed by atoms with Gasteiger partial charge in [-0.2, -0.15) is 0 Å². The second-order valence-corrected chi connectivity index (χ2v) is 15.7. The molecule has 0 saturated heterocycles. The van der Waals surface area contributed by atoms with Crippen molar-refractivity contribution in [2.45, 2.75) is 0 Å². The van der Waals surface area contributed by atoms with E-state index in [9.17, 15) is 0 Å². The molecule has 0 atom stereocenters. The molecule has 0 amide bonds. The van der Waals surface area contributed by atoms with Gasteiger partial charge in [-0.15, -0.1) is 11.3 Å². The van der Waals surface area contributed by atoms with Crippen molar-refractivity contribution in [2.24, 2.45) is 0 Å². The van der Waals surface area contributed by atoms with E-state index in [1.165, 1.54) is 21.9 Å². The summed E-state index contributed by atoms with van der Waals surface area (Å²) >= 11 is 1.72. The van der Waals surface area contributed by atoms with Gasteiger partial charge in [0.2, 0.25) is 0 Å². The lowest BCUT2D eigenvalue weighted by Gasteiger charge is -2.26. The Labute approximate surface area is 337 Å². The number of nitrogens with zero attached hydrogens (tertiary/aromatic N) is 2. The smallest absolute Gasteiger partial charge is 0.137 e. The average Bonchev–Trinajstić information content (AvgIpc) is 4.00.